The summed E-state index contributed by atoms with van der Waals surface area (Å²) in [5.41, 5.74) is 5.91. The SMILES string of the molecule is Cl.NCCC1CCCN(C(=O)c2ccc(OC(F)(F)F)cc2)C1. The molecule has 0 bridgehead atoms. The van der Waals surface area contributed by atoms with Crippen LogP contribution in [0.25, 0.3) is 0 Å². The third-order valence-corrected chi connectivity index (χ3v) is 3.72. The predicted octanol–water partition coefficient (Wildman–Crippen LogP) is 3.21. The van der Waals surface area contributed by atoms with Gasteiger partial charge in [-0.25, -0.2) is 0 Å². The van der Waals surface area contributed by atoms with E-state index in [2.05, 4.69) is 4.74 Å². The fourth-order valence-electron chi connectivity index (χ4n) is 2.70. The Morgan fingerprint density at radius 3 is 2.52 bits per heavy atom. The third-order valence-electron chi connectivity index (χ3n) is 3.72. The molecule has 1 saturated heterocycles. The number of carbonyl (C=O) groups is 1. The molecule has 4 nitrogen and oxygen atoms in total. The van der Waals surface area contributed by atoms with Crippen LogP contribution in [0.3, 0.4) is 0 Å². The van der Waals surface area contributed by atoms with E-state index in [0.717, 1.165) is 31.4 Å². The second-order valence-electron chi connectivity index (χ2n) is 5.41. The molecule has 8 heteroatoms. The fraction of sp³-hybridized carbons (Fsp3) is 0.533. The zero-order valence-electron chi connectivity index (χ0n) is 12.5. The molecule has 1 atom stereocenters. The van der Waals surface area contributed by atoms with Crippen molar-refractivity contribution in [3.63, 3.8) is 0 Å². The van der Waals surface area contributed by atoms with E-state index >= 15 is 0 Å². The quantitative estimate of drug-likeness (QED) is 0.905. The molecule has 0 aromatic heterocycles. The molecule has 0 radical (unpaired) electrons. The summed E-state index contributed by atoms with van der Waals surface area (Å²) in [4.78, 5) is 14.1. The Morgan fingerprint density at radius 2 is 1.96 bits per heavy atom. The number of benzene rings is 1. The first-order valence-electron chi connectivity index (χ1n) is 7.24. The van der Waals surface area contributed by atoms with Gasteiger partial charge in [-0.1, -0.05) is 0 Å². The number of piperidine rings is 1. The molecule has 2 N–H and O–H groups in total. The van der Waals surface area contributed by atoms with Crippen molar-refractivity contribution in [3.8, 4) is 5.75 Å². The minimum atomic E-state index is -4.73. The van der Waals surface area contributed by atoms with Crippen LogP contribution in [0.5, 0.6) is 5.75 Å². The summed E-state index contributed by atoms with van der Waals surface area (Å²) >= 11 is 0. The molecular weight excluding hydrogens is 333 g/mol. The molecule has 0 aliphatic carbocycles. The topological polar surface area (TPSA) is 55.6 Å². The molecule has 2 rings (SSSR count). The van der Waals surface area contributed by atoms with E-state index in [1.807, 2.05) is 0 Å². The Balaban J connectivity index is 0.00000264. The summed E-state index contributed by atoms with van der Waals surface area (Å²) < 4.78 is 40.1. The molecule has 1 amide bonds. The number of halogens is 4. The van der Waals surface area contributed by atoms with Crippen molar-refractivity contribution in [3.05, 3.63) is 29.8 Å². The normalized spacial score (nSPS) is 18.3. The number of alkyl halides is 3. The van der Waals surface area contributed by atoms with Crippen LogP contribution in [-0.2, 0) is 0 Å². The highest BCUT2D eigenvalue weighted by Gasteiger charge is 2.31. The predicted molar refractivity (Wildman–Crippen MR) is 82.7 cm³/mol. The number of likely N-dealkylation sites (tertiary alicyclic amines) is 1. The van der Waals surface area contributed by atoms with Crippen LogP contribution in [-0.4, -0.2) is 36.8 Å². The molecular formula is C15H20ClF3N2O2. The van der Waals surface area contributed by atoms with E-state index < -0.39 is 6.36 Å². The summed E-state index contributed by atoms with van der Waals surface area (Å²) in [5.74, 6) is -0.0977. The molecule has 1 fully saturated rings. The van der Waals surface area contributed by atoms with Crippen molar-refractivity contribution in [2.24, 2.45) is 11.7 Å². The first-order chi connectivity index (χ1) is 10.4. The van der Waals surface area contributed by atoms with Gasteiger partial charge in [0.2, 0.25) is 0 Å². The second-order valence-corrected chi connectivity index (χ2v) is 5.41. The zero-order chi connectivity index (χ0) is 16.2. The van der Waals surface area contributed by atoms with E-state index in [-0.39, 0.29) is 24.1 Å². The van der Waals surface area contributed by atoms with Gasteiger partial charge >= 0.3 is 6.36 Å². The van der Waals surface area contributed by atoms with Crippen molar-refractivity contribution in [1.29, 1.82) is 0 Å². The lowest BCUT2D eigenvalue weighted by Crippen LogP contribution is -2.40. The summed E-state index contributed by atoms with van der Waals surface area (Å²) in [7, 11) is 0. The maximum absolute atomic E-state index is 12.4. The van der Waals surface area contributed by atoms with E-state index in [1.165, 1.54) is 12.1 Å². The molecule has 1 aromatic carbocycles. The second kappa shape index (κ2) is 8.40. The molecule has 1 aliphatic heterocycles. The van der Waals surface area contributed by atoms with Crippen LogP contribution in [0, 0.1) is 5.92 Å². The standard InChI is InChI=1S/C15H19F3N2O2.ClH/c16-15(17,18)22-13-5-3-12(4-6-13)14(21)20-9-1-2-11(10-20)7-8-19;/h3-6,11H,1-2,7-10,19H2;1H. The number of rotatable bonds is 4. The Kier molecular flexibility index (Phi) is 7.15. The van der Waals surface area contributed by atoms with E-state index in [4.69, 9.17) is 5.73 Å². The van der Waals surface area contributed by atoms with E-state index in [1.54, 1.807) is 4.90 Å². The Morgan fingerprint density at radius 1 is 1.30 bits per heavy atom. The first kappa shape index (κ1) is 19.6. The number of ether oxygens (including phenoxy) is 1. The maximum atomic E-state index is 12.4. The Bertz CT molecular complexity index is 506. The van der Waals surface area contributed by atoms with E-state index in [9.17, 15) is 18.0 Å². The summed E-state index contributed by atoms with van der Waals surface area (Å²) in [6.07, 6.45) is -1.87. The Hall–Kier alpha value is -1.47. The third kappa shape index (κ3) is 5.91. The van der Waals surface area contributed by atoms with Crippen molar-refractivity contribution in [2.45, 2.75) is 25.6 Å². The van der Waals surface area contributed by atoms with Crippen molar-refractivity contribution < 1.29 is 22.7 Å². The molecule has 1 unspecified atom stereocenters. The number of amides is 1. The minimum absolute atomic E-state index is 0. The number of hydrogen-bond donors (Lipinski definition) is 1. The number of carbonyl (C=O) groups excluding carboxylic acids is 1. The van der Waals surface area contributed by atoms with Gasteiger partial charge in [0, 0.05) is 18.7 Å². The van der Waals surface area contributed by atoms with Gasteiger partial charge in [-0.05, 0) is 56.0 Å². The van der Waals surface area contributed by atoms with Crippen LogP contribution in [0.1, 0.15) is 29.6 Å². The number of hydrogen-bond acceptors (Lipinski definition) is 3. The molecule has 130 valence electrons. The van der Waals surface area contributed by atoms with Gasteiger partial charge in [-0.2, -0.15) is 0 Å². The van der Waals surface area contributed by atoms with Crippen LogP contribution in [0.4, 0.5) is 13.2 Å². The summed E-state index contributed by atoms with van der Waals surface area (Å²) in [6.45, 7) is 1.91. The van der Waals surface area contributed by atoms with Crippen LogP contribution < -0.4 is 10.5 Å². The average molecular weight is 353 g/mol. The Labute approximate surface area is 139 Å². The minimum Gasteiger partial charge on any atom is -0.406 e. The van der Waals surface area contributed by atoms with Crippen LogP contribution in [0.2, 0.25) is 0 Å². The van der Waals surface area contributed by atoms with Gasteiger partial charge in [0.25, 0.3) is 5.91 Å². The van der Waals surface area contributed by atoms with Crippen LogP contribution >= 0.6 is 12.4 Å². The highest BCUT2D eigenvalue weighted by atomic mass is 35.5. The monoisotopic (exact) mass is 352 g/mol. The largest absolute Gasteiger partial charge is 0.573 e. The van der Waals surface area contributed by atoms with Gasteiger partial charge < -0.3 is 15.4 Å². The first-order valence-corrected chi connectivity index (χ1v) is 7.24. The number of nitrogens with two attached hydrogens (primary N) is 1. The van der Waals surface area contributed by atoms with Gasteiger partial charge in [0.15, 0.2) is 0 Å². The molecule has 1 heterocycles. The fourth-order valence-corrected chi connectivity index (χ4v) is 2.70. The smallest absolute Gasteiger partial charge is 0.406 e. The molecule has 23 heavy (non-hydrogen) atoms. The van der Waals surface area contributed by atoms with E-state index in [0.29, 0.717) is 31.1 Å². The zero-order valence-corrected chi connectivity index (χ0v) is 13.3. The lowest BCUT2D eigenvalue weighted by Gasteiger charge is -2.32. The van der Waals surface area contributed by atoms with Gasteiger partial charge in [-0.3, -0.25) is 4.79 Å². The lowest BCUT2D eigenvalue weighted by molar-refractivity contribution is -0.274. The average Bonchev–Trinajstić information content (AvgIpc) is 2.46. The highest BCUT2D eigenvalue weighted by molar-refractivity contribution is 5.94. The molecule has 0 saturated carbocycles. The highest BCUT2D eigenvalue weighted by Crippen LogP contribution is 2.24. The van der Waals surface area contributed by atoms with Crippen molar-refractivity contribution in [1.82, 2.24) is 4.90 Å². The van der Waals surface area contributed by atoms with Crippen molar-refractivity contribution >= 4 is 18.3 Å². The summed E-state index contributed by atoms with van der Waals surface area (Å²) in [5, 5.41) is 0. The van der Waals surface area contributed by atoms with Gasteiger partial charge in [-0.15, -0.1) is 25.6 Å². The molecule has 1 aromatic rings. The summed E-state index contributed by atoms with van der Waals surface area (Å²) in [6, 6.07) is 5.02. The van der Waals surface area contributed by atoms with Gasteiger partial charge in [0.1, 0.15) is 5.75 Å². The molecule has 0 spiro atoms. The van der Waals surface area contributed by atoms with Gasteiger partial charge in [0.05, 0.1) is 0 Å². The maximum Gasteiger partial charge on any atom is 0.573 e. The van der Waals surface area contributed by atoms with Crippen molar-refractivity contribution in [2.75, 3.05) is 19.6 Å². The number of nitrogens with zero attached hydrogens (tertiary/aromatic N) is 1. The van der Waals surface area contributed by atoms with Crippen LogP contribution in [0.15, 0.2) is 24.3 Å². The molecule has 1 aliphatic rings. The lowest BCUT2D eigenvalue weighted by atomic mass is 9.94.